The van der Waals surface area contributed by atoms with E-state index in [0.717, 1.165) is 43.2 Å². The second-order valence-corrected chi connectivity index (χ2v) is 8.15. The molecule has 3 aliphatic carbocycles. The number of hydrogen-bond donors (Lipinski definition) is 3. The number of fused-ring (bicyclic) bond motifs is 5. The van der Waals surface area contributed by atoms with E-state index in [0.29, 0.717) is 23.7 Å². The van der Waals surface area contributed by atoms with Crippen molar-refractivity contribution in [3.05, 3.63) is 23.3 Å². The first-order valence-corrected chi connectivity index (χ1v) is 8.64. The Morgan fingerprint density at radius 2 is 1.91 bits per heavy atom. The summed E-state index contributed by atoms with van der Waals surface area (Å²) in [6.45, 7) is 4.57. The van der Waals surface area contributed by atoms with E-state index in [1.54, 1.807) is 0 Å². The largest absolute Gasteiger partial charge is 0.508 e. The van der Waals surface area contributed by atoms with E-state index in [9.17, 15) is 15.3 Å². The number of benzene rings is 1. The predicted octanol–water partition coefficient (Wildman–Crippen LogP) is 3.56. The predicted molar refractivity (Wildman–Crippen MR) is 84.9 cm³/mol. The highest BCUT2D eigenvalue weighted by Crippen LogP contribution is 2.63. The van der Waals surface area contributed by atoms with Crippen LogP contribution in [0.2, 0.25) is 0 Å². The molecule has 0 bridgehead atoms. The molecule has 2 fully saturated rings. The number of aliphatic hydroxyl groups is 1. The maximum atomic E-state index is 10.5. The van der Waals surface area contributed by atoms with Crippen molar-refractivity contribution in [2.75, 3.05) is 0 Å². The van der Waals surface area contributed by atoms with Crippen LogP contribution in [0.3, 0.4) is 0 Å². The smallest absolute Gasteiger partial charge is 0.123 e. The molecule has 3 N–H and O–H groups in total. The van der Waals surface area contributed by atoms with Crippen molar-refractivity contribution in [2.24, 2.45) is 23.2 Å². The molecule has 0 radical (unpaired) electrons. The van der Waals surface area contributed by atoms with Crippen molar-refractivity contribution < 1.29 is 15.3 Å². The van der Waals surface area contributed by atoms with Crippen LogP contribution in [0.25, 0.3) is 0 Å². The molecule has 1 aromatic carbocycles. The van der Waals surface area contributed by atoms with Crippen LogP contribution in [-0.4, -0.2) is 21.4 Å². The van der Waals surface area contributed by atoms with Crippen LogP contribution in [0, 0.1) is 23.2 Å². The van der Waals surface area contributed by atoms with E-state index in [1.807, 2.05) is 6.07 Å². The summed E-state index contributed by atoms with van der Waals surface area (Å²) in [4.78, 5) is 0. The minimum absolute atomic E-state index is 0.0550. The molecular weight excluding hydrogens is 276 g/mol. The summed E-state index contributed by atoms with van der Waals surface area (Å²) in [5.74, 6) is 2.44. The molecule has 3 heteroatoms. The number of phenols is 2. The van der Waals surface area contributed by atoms with Gasteiger partial charge in [-0.25, -0.2) is 0 Å². The fraction of sp³-hybridized carbons (Fsp3) is 0.684. The van der Waals surface area contributed by atoms with E-state index in [2.05, 4.69) is 13.8 Å². The molecule has 4 rings (SSSR count). The van der Waals surface area contributed by atoms with Gasteiger partial charge in [0.1, 0.15) is 11.5 Å². The second kappa shape index (κ2) is 4.64. The molecular formula is C19H26O3. The van der Waals surface area contributed by atoms with Crippen LogP contribution in [0.15, 0.2) is 12.1 Å². The van der Waals surface area contributed by atoms with Gasteiger partial charge in [0.15, 0.2) is 0 Å². The van der Waals surface area contributed by atoms with Gasteiger partial charge in [0.05, 0.1) is 6.10 Å². The Morgan fingerprint density at radius 3 is 2.68 bits per heavy atom. The molecule has 0 aliphatic heterocycles. The van der Waals surface area contributed by atoms with Gasteiger partial charge in [0, 0.05) is 11.6 Å². The van der Waals surface area contributed by atoms with Crippen LogP contribution in [0.4, 0.5) is 0 Å². The Kier molecular flexibility index (Phi) is 3.03. The lowest BCUT2D eigenvalue weighted by Gasteiger charge is -2.52. The summed E-state index contributed by atoms with van der Waals surface area (Å²) in [5.41, 5.74) is 2.25. The molecule has 0 unspecified atom stereocenters. The Morgan fingerprint density at radius 1 is 1.14 bits per heavy atom. The fourth-order valence-electron chi connectivity index (χ4n) is 6.06. The molecule has 22 heavy (non-hydrogen) atoms. The zero-order chi connectivity index (χ0) is 15.6. The Labute approximate surface area is 132 Å². The van der Waals surface area contributed by atoms with Crippen LogP contribution in [0.1, 0.15) is 56.6 Å². The molecule has 120 valence electrons. The minimum atomic E-state index is -0.166. The maximum absolute atomic E-state index is 10.5. The van der Waals surface area contributed by atoms with E-state index < -0.39 is 0 Å². The molecule has 2 saturated carbocycles. The first kappa shape index (κ1) is 14.4. The monoisotopic (exact) mass is 302 g/mol. The number of aromatic hydroxyl groups is 2. The summed E-state index contributed by atoms with van der Waals surface area (Å²) in [5, 5.41) is 30.7. The third kappa shape index (κ3) is 1.78. The number of phenolic OH excluding ortho intramolecular Hbond substituents is 2. The summed E-state index contributed by atoms with van der Waals surface area (Å²) in [6.07, 6.45) is 4.85. The first-order valence-electron chi connectivity index (χ1n) is 8.64. The van der Waals surface area contributed by atoms with E-state index in [-0.39, 0.29) is 23.0 Å². The normalized spacial score (nSPS) is 43.3. The minimum Gasteiger partial charge on any atom is -0.508 e. The topological polar surface area (TPSA) is 60.7 Å². The van der Waals surface area contributed by atoms with Crippen molar-refractivity contribution >= 4 is 0 Å². The lowest BCUT2D eigenvalue weighted by Crippen LogP contribution is -2.46. The maximum Gasteiger partial charge on any atom is 0.123 e. The van der Waals surface area contributed by atoms with Gasteiger partial charge < -0.3 is 15.3 Å². The van der Waals surface area contributed by atoms with E-state index >= 15 is 0 Å². The van der Waals surface area contributed by atoms with Crippen molar-refractivity contribution in [3.63, 3.8) is 0 Å². The molecule has 0 heterocycles. The van der Waals surface area contributed by atoms with Crippen molar-refractivity contribution in [1.82, 2.24) is 0 Å². The lowest BCUT2D eigenvalue weighted by atomic mass is 9.52. The molecule has 0 aromatic heterocycles. The van der Waals surface area contributed by atoms with Crippen molar-refractivity contribution in [3.8, 4) is 11.5 Å². The van der Waals surface area contributed by atoms with Crippen molar-refractivity contribution in [2.45, 2.75) is 58.0 Å². The van der Waals surface area contributed by atoms with E-state index in [1.165, 1.54) is 6.07 Å². The van der Waals surface area contributed by atoms with Gasteiger partial charge in [-0.05, 0) is 72.8 Å². The van der Waals surface area contributed by atoms with Gasteiger partial charge in [0.2, 0.25) is 0 Å². The number of aliphatic hydroxyl groups excluding tert-OH is 1. The Hall–Kier alpha value is -1.22. The lowest BCUT2D eigenvalue weighted by molar-refractivity contribution is -0.0359. The molecule has 3 nitrogen and oxygen atoms in total. The summed E-state index contributed by atoms with van der Waals surface area (Å²) in [7, 11) is 0. The summed E-state index contributed by atoms with van der Waals surface area (Å²) >= 11 is 0. The van der Waals surface area contributed by atoms with Crippen LogP contribution < -0.4 is 0 Å². The fourth-order valence-corrected chi connectivity index (χ4v) is 6.06. The Balaban J connectivity index is 1.80. The van der Waals surface area contributed by atoms with Gasteiger partial charge in [-0.2, -0.15) is 0 Å². The summed E-state index contributed by atoms with van der Waals surface area (Å²) < 4.78 is 0. The van der Waals surface area contributed by atoms with Gasteiger partial charge in [-0.1, -0.05) is 13.8 Å². The molecule has 1 aromatic rings. The zero-order valence-electron chi connectivity index (χ0n) is 13.4. The summed E-state index contributed by atoms with van der Waals surface area (Å²) in [6, 6.07) is 3.32. The molecule has 0 saturated heterocycles. The molecule has 0 spiro atoms. The molecule has 0 amide bonds. The SMILES string of the molecule is C[C@@H]1Cc2cc(O)cc(O)c2[C@H]2CC[C@]3(C)[C@@H](O)CC[C@H]3[C@H]12. The molecule has 3 aliphatic rings. The highest BCUT2D eigenvalue weighted by Gasteiger charge is 2.56. The number of hydrogen-bond acceptors (Lipinski definition) is 3. The van der Waals surface area contributed by atoms with Gasteiger partial charge in [-0.15, -0.1) is 0 Å². The van der Waals surface area contributed by atoms with Crippen LogP contribution in [-0.2, 0) is 6.42 Å². The van der Waals surface area contributed by atoms with Gasteiger partial charge >= 0.3 is 0 Å². The quantitative estimate of drug-likeness (QED) is 0.686. The standard InChI is InChI=1S/C19H26O3/c1-10-7-11-8-12(20)9-15(21)18(11)13-5-6-19(2)14(17(10)13)3-4-16(19)22/h8-10,13-14,16-17,20-22H,3-7H2,1-2H3/t10-,13+,14+,16+,17-,19+/m1/s1. The van der Waals surface area contributed by atoms with Gasteiger partial charge in [0.25, 0.3) is 0 Å². The first-order chi connectivity index (χ1) is 10.4. The van der Waals surface area contributed by atoms with Crippen molar-refractivity contribution in [1.29, 1.82) is 0 Å². The Bertz CT molecular complexity index is 611. The third-order valence-electron chi connectivity index (χ3n) is 7.08. The van der Waals surface area contributed by atoms with Crippen LogP contribution >= 0.6 is 0 Å². The average Bonchev–Trinajstić information content (AvgIpc) is 2.74. The molecule has 6 atom stereocenters. The average molecular weight is 302 g/mol. The van der Waals surface area contributed by atoms with E-state index in [4.69, 9.17) is 0 Å². The highest BCUT2D eigenvalue weighted by atomic mass is 16.3. The zero-order valence-corrected chi connectivity index (χ0v) is 13.4. The van der Waals surface area contributed by atoms with Gasteiger partial charge in [-0.3, -0.25) is 0 Å². The van der Waals surface area contributed by atoms with Crippen LogP contribution in [0.5, 0.6) is 11.5 Å². The number of rotatable bonds is 0. The third-order valence-corrected chi connectivity index (χ3v) is 7.08. The highest BCUT2D eigenvalue weighted by molar-refractivity contribution is 5.49. The second-order valence-electron chi connectivity index (χ2n) is 8.15.